The molecule has 12 heteroatoms. The van der Waals surface area contributed by atoms with E-state index in [-0.39, 0.29) is 0 Å². The maximum Gasteiger partial charge on any atom is 0.161 e. The van der Waals surface area contributed by atoms with Crippen molar-refractivity contribution in [1.82, 2.24) is 15.0 Å². The van der Waals surface area contributed by atoms with Crippen molar-refractivity contribution in [2.24, 2.45) is 0 Å². The first-order valence-corrected chi connectivity index (χ1v) is 19.4. The van der Waals surface area contributed by atoms with Crippen LogP contribution in [-0.4, -0.2) is 94.2 Å². The molecule has 0 aliphatic carbocycles. The Hall–Kier alpha value is -6.05. The highest BCUT2D eigenvalue weighted by Crippen LogP contribution is 2.32. The standard InChI is InChI=1S/C46H47N3O9/c1-2-10-44-43(9-1)54-27-23-50-19-20-52-25-29-56-45-16-11-35(31-46(45)57-30-26-53-22-21-51-24-28-55-44)34-58-38-14-12-36(13-15-38)37-32-41(39-7-3-5-17-47-39)49-42(33-37)40-8-4-6-18-48-40/h1-18,31-33H,19-30,34H2. The molecule has 1 aliphatic rings. The maximum atomic E-state index is 6.23. The number of nitrogens with zero attached hydrogens (tertiary/aromatic N) is 3. The zero-order valence-electron chi connectivity index (χ0n) is 32.3. The second-order valence-electron chi connectivity index (χ2n) is 12.9. The van der Waals surface area contributed by atoms with E-state index in [1.54, 1.807) is 12.4 Å². The summed E-state index contributed by atoms with van der Waals surface area (Å²) in [5, 5.41) is 0. The molecule has 7 rings (SSSR count). The molecule has 300 valence electrons. The Morgan fingerprint density at radius 1 is 0.397 bits per heavy atom. The summed E-state index contributed by atoms with van der Waals surface area (Å²) in [5.41, 5.74) is 6.06. The van der Waals surface area contributed by atoms with Gasteiger partial charge >= 0.3 is 0 Å². The third-order valence-corrected chi connectivity index (χ3v) is 8.82. The molecular weight excluding hydrogens is 739 g/mol. The Balaban J connectivity index is 0.953. The zero-order chi connectivity index (χ0) is 39.5. The van der Waals surface area contributed by atoms with Crippen LogP contribution in [0.4, 0.5) is 0 Å². The van der Waals surface area contributed by atoms with Gasteiger partial charge in [0.2, 0.25) is 0 Å². The predicted octanol–water partition coefficient (Wildman–Crippen LogP) is 7.75. The van der Waals surface area contributed by atoms with Gasteiger partial charge in [0, 0.05) is 12.4 Å². The second-order valence-corrected chi connectivity index (χ2v) is 12.9. The first-order chi connectivity index (χ1) is 28.8. The SMILES string of the molecule is c1ccc(-c2cc(-c3ccc(OCc4ccc5c(c4)OCCOCCOCCOc4ccccc4OCCOCCOCCO5)cc3)cc(-c3ccccn3)n2)nc1. The molecule has 1 aliphatic heterocycles. The van der Waals surface area contributed by atoms with E-state index in [1.807, 2.05) is 115 Å². The van der Waals surface area contributed by atoms with Gasteiger partial charge in [0.05, 0.1) is 75.6 Å². The molecule has 0 unspecified atom stereocenters. The van der Waals surface area contributed by atoms with Crippen LogP contribution in [-0.2, 0) is 25.6 Å². The van der Waals surface area contributed by atoms with Crippen molar-refractivity contribution in [2.45, 2.75) is 6.61 Å². The highest BCUT2D eigenvalue weighted by molar-refractivity contribution is 5.75. The Morgan fingerprint density at radius 2 is 0.862 bits per heavy atom. The molecule has 58 heavy (non-hydrogen) atoms. The summed E-state index contributed by atoms with van der Waals surface area (Å²) in [6.07, 6.45) is 3.54. The number of aromatic nitrogens is 3. The van der Waals surface area contributed by atoms with E-state index in [0.717, 1.165) is 45.2 Å². The lowest BCUT2D eigenvalue weighted by Gasteiger charge is -2.16. The number of hydrogen-bond acceptors (Lipinski definition) is 12. The van der Waals surface area contributed by atoms with Gasteiger partial charge < -0.3 is 42.6 Å². The monoisotopic (exact) mass is 785 g/mol. The van der Waals surface area contributed by atoms with Crippen molar-refractivity contribution in [2.75, 3.05) is 79.3 Å². The molecule has 3 aromatic heterocycles. The van der Waals surface area contributed by atoms with Gasteiger partial charge in [0.1, 0.15) is 38.8 Å². The number of pyridine rings is 3. The fourth-order valence-corrected chi connectivity index (χ4v) is 5.95. The van der Waals surface area contributed by atoms with E-state index in [4.69, 9.17) is 47.6 Å². The summed E-state index contributed by atoms with van der Waals surface area (Å²) in [4.78, 5) is 13.9. The fourth-order valence-electron chi connectivity index (χ4n) is 5.95. The Kier molecular flexibility index (Phi) is 15.3. The van der Waals surface area contributed by atoms with Gasteiger partial charge in [-0.15, -0.1) is 0 Å². The third kappa shape index (κ3) is 12.2. The van der Waals surface area contributed by atoms with Gasteiger partial charge in [0.15, 0.2) is 23.0 Å². The number of hydrogen-bond donors (Lipinski definition) is 0. The summed E-state index contributed by atoms with van der Waals surface area (Å²) in [5.74, 6) is 3.26. The second kappa shape index (κ2) is 22.0. The average molecular weight is 786 g/mol. The van der Waals surface area contributed by atoms with Crippen LogP contribution in [0.25, 0.3) is 33.9 Å². The van der Waals surface area contributed by atoms with Crippen molar-refractivity contribution in [3.63, 3.8) is 0 Å². The van der Waals surface area contributed by atoms with Gasteiger partial charge in [-0.25, -0.2) is 4.98 Å². The van der Waals surface area contributed by atoms with Crippen LogP contribution in [0, 0.1) is 0 Å². The first-order valence-electron chi connectivity index (χ1n) is 19.4. The molecule has 0 radical (unpaired) electrons. The minimum atomic E-state index is 0.328. The lowest BCUT2D eigenvalue weighted by Crippen LogP contribution is -2.15. The first kappa shape index (κ1) is 40.2. The van der Waals surface area contributed by atoms with E-state index in [0.29, 0.717) is 109 Å². The van der Waals surface area contributed by atoms with E-state index in [1.165, 1.54) is 0 Å². The van der Waals surface area contributed by atoms with Crippen LogP contribution in [0.5, 0.6) is 28.7 Å². The summed E-state index contributed by atoms with van der Waals surface area (Å²) in [7, 11) is 0. The summed E-state index contributed by atoms with van der Waals surface area (Å²) in [6, 6.07) is 37.0. The zero-order valence-corrected chi connectivity index (χ0v) is 32.3. The highest BCUT2D eigenvalue weighted by Gasteiger charge is 2.12. The minimum absolute atomic E-state index is 0.328. The molecule has 0 saturated heterocycles. The molecule has 3 aromatic carbocycles. The van der Waals surface area contributed by atoms with Crippen LogP contribution in [0.2, 0.25) is 0 Å². The number of para-hydroxylation sites is 2. The fraction of sp³-hybridized carbons (Fsp3) is 0.283. The van der Waals surface area contributed by atoms with E-state index >= 15 is 0 Å². The summed E-state index contributed by atoms with van der Waals surface area (Å²) >= 11 is 0. The van der Waals surface area contributed by atoms with Gasteiger partial charge in [-0.3, -0.25) is 9.97 Å². The van der Waals surface area contributed by atoms with E-state index < -0.39 is 0 Å². The molecular formula is C46H47N3O9. The van der Waals surface area contributed by atoms with Crippen LogP contribution >= 0.6 is 0 Å². The van der Waals surface area contributed by atoms with Crippen LogP contribution in [0.3, 0.4) is 0 Å². The van der Waals surface area contributed by atoms with Crippen molar-refractivity contribution in [3.8, 4) is 62.7 Å². The van der Waals surface area contributed by atoms with Crippen molar-refractivity contribution in [3.05, 3.63) is 133 Å². The third-order valence-electron chi connectivity index (χ3n) is 8.82. The Bertz CT molecular complexity index is 2060. The quantitative estimate of drug-likeness (QED) is 0.164. The molecule has 6 aromatic rings. The minimum Gasteiger partial charge on any atom is -0.489 e. The lowest BCUT2D eigenvalue weighted by molar-refractivity contribution is 0.0223. The Labute approximate surface area is 338 Å². The van der Waals surface area contributed by atoms with Gasteiger partial charge in [-0.2, -0.15) is 0 Å². The van der Waals surface area contributed by atoms with E-state index in [9.17, 15) is 0 Å². The smallest absolute Gasteiger partial charge is 0.161 e. The Morgan fingerprint density at radius 3 is 1.36 bits per heavy atom. The van der Waals surface area contributed by atoms with E-state index in [2.05, 4.69) is 9.97 Å². The topological polar surface area (TPSA) is 122 Å². The van der Waals surface area contributed by atoms with Gasteiger partial charge in [-0.1, -0.05) is 42.5 Å². The molecule has 0 saturated carbocycles. The van der Waals surface area contributed by atoms with Crippen molar-refractivity contribution in [1.29, 1.82) is 0 Å². The molecule has 0 amide bonds. The molecule has 0 spiro atoms. The van der Waals surface area contributed by atoms with Gasteiger partial charge in [0.25, 0.3) is 0 Å². The lowest BCUT2D eigenvalue weighted by atomic mass is 10.0. The number of benzene rings is 3. The number of rotatable bonds is 6. The van der Waals surface area contributed by atoms with Crippen LogP contribution in [0.15, 0.2) is 128 Å². The van der Waals surface area contributed by atoms with Crippen molar-refractivity contribution >= 4 is 0 Å². The largest absolute Gasteiger partial charge is 0.489 e. The molecule has 4 heterocycles. The number of fused-ring (bicyclic) bond motifs is 2. The summed E-state index contributed by atoms with van der Waals surface area (Å²) in [6.45, 7) is 5.12. The molecule has 0 bridgehead atoms. The normalized spacial score (nSPS) is 15.1. The van der Waals surface area contributed by atoms with Crippen LogP contribution in [0.1, 0.15) is 5.56 Å². The molecule has 0 fully saturated rings. The van der Waals surface area contributed by atoms with Crippen molar-refractivity contribution < 1.29 is 42.6 Å². The van der Waals surface area contributed by atoms with Crippen LogP contribution < -0.4 is 23.7 Å². The average Bonchev–Trinajstić information content (AvgIpc) is 3.28. The molecule has 12 nitrogen and oxygen atoms in total. The highest BCUT2D eigenvalue weighted by atomic mass is 16.6. The maximum absolute atomic E-state index is 6.23. The summed E-state index contributed by atoms with van der Waals surface area (Å²) < 4.78 is 53.0. The van der Waals surface area contributed by atoms with Gasteiger partial charge in [-0.05, 0) is 89.5 Å². The predicted molar refractivity (Wildman–Crippen MR) is 219 cm³/mol. The molecule has 0 atom stereocenters. The number of ether oxygens (including phenoxy) is 9. The molecule has 0 N–H and O–H groups in total.